The van der Waals surface area contributed by atoms with Gasteiger partial charge in [-0.15, -0.1) is 0 Å². The van der Waals surface area contributed by atoms with E-state index >= 15 is 0 Å². The van der Waals surface area contributed by atoms with Gasteiger partial charge < -0.3 is 20.5 Å². The van der Waals surface area contributed by atoms with Crippen LogP contribution in [-0.2, 0) is 0 Å². The highest BCUT2D eigenvalue weighted by molar-refractivity contribution is 6.36. The summed E-state index contributed by atoms with van der Waals surface area (Å²) < 4.78 is 5.34. The molecule has 4 aromatic rings. The maximum Gasteiger partial charge on any atom is 0.253 e. The minimum absolute atomic E-state index is 0.0813. The smallest absolute Gasteiger partial charge is 0.253 e. The number of aromatic nitrogens is 4. The topological polar surface area (TPSA) is 147 Å². The summed E-state index contributed by atoms with van der Waals surface area (Å²) in [6, 6.07) is 6.83. The summed E-state index contributed by atoms with van der Waals surface area (Å²) in [7, 11) is 0. The highest BCUT2D eigenvalue weighted by atomic mass is 35.5. The first-order chi connectivity index (χ1) is 16.4. The van der Waals surface area contributed by atoms with Crippen LogP contribution in [-0.4, -0.2) is 45.1 Å². The Bertz CT molecular complexity index is 1450. The zero-order chi connectivity index (χ0) is 23.8. The summed E-state index contributed by atoms with van der Waals surface area (Å²) in [5.74, 6) is 0.584. The van der Waals surface area contributed by atoms with Crippen LogP contribution in [0.4, 0.5) is 11.6 Å². The minimum Gasteiger partial charge on any atom is -0.380 e. The molecular formula is C22H16Cl2N8O2. The van der Waals surface area contributed by atoms with Gasteiger partial charge in [0.25, 0.3) is 5.91 Å². The third-order valence-corrected chi connectivity index (χ3v) is 6.18. The van der Waals surface area contributed by atoms with E-state index in [-0.39, 0.29) is 23.6 Å². The number of hydrogen-bond acceptors (Lipinski definition) is 9. The van der Waals surface area contributed by atoms with Crippen LogP contribution in [0, 0.1) is 11.3 Å². The van der Waals surface area contributed by atoms with Crippen LogP contribution in [0.1, 0.15) is 22.6 Å². The van der Waals surface area contributed by atoms with Gasteiger partial charge in [-0.05, 0) is 24.1 Å². The van der Waals surface area contributed by atoms with Crippen LogP contribution < -0.4 is 16.0 Å². The van der Waals surface area contributed by atoms with Gasteiger partial charge in [0.15, 0.2) is 11.6 Å². The molecule has 0 spiro atoms. The predicted octanol–water partition coefficient (Wildman–Crippen LogP) is 3.45. The molecule has 10 nitrogen and oxygen atoms in total. The van der Waals surface area contributed by atoms with Gasteiger partial charge in [-0.2, -0.15) is 5.26 Å². The zero-order valence-corrected chi connectivity index (χ0v) is 19.0. The summed E-state index contributed by atoms with van der Waals surface area (Å²) in [5, 5.41) is 16.8. The number of nitrogens with two attached hydrogens (primary N) is 1. The minimum atomic E-state index is -0.280. The van der Waals surface area contributed by atoms with Crippen molar-refractivity contribution in [2.75, 3.05) is 23.7 Å². The zero-order valence-electron chi connectivity index (χ0n) is 17.5. The third-order valence-electron chi connectivity index (χ3n) is 5.58. The number of nitrogens with zero attached hydrogens (tertiary/aromatic N) is 6. The molecule has 3 aromatic heterocycles. The summed E-state index contributed by atoms with van der Waals surface area (Å²) in [4.78, 5) is 27.2. The van der Waals surface area contributed by atoms with Crippen LogP contribution in [0.5, 0.6) is 0 Å². The Hall–Kier alpha value is -3.94. The van der Waals surface area contributed by atoms with Crippen LogP contribution in [0.2, 0.25) is 10.0 Å². The van der Waals surface area contributed by atoms with E-state index in [9.17, 15) is 4.79 Å². The number of fused-ring (bicyclic) bond motifs is 1. The Balaban J connectivity index is 1.29. The average Bonchev–Trinajstić information content (AvgIpc) is 3.46. The first kappa shape index (κ1) is 21.9. The van der Waals surface area contributed by atoms with Gasteiger partial charge in [-0.1, -0.05) is 34.4 Å². The molecule has 4 heterocycles. The molecule has 170 valence electrons. The standard InChI is InChI=1S/C22H16Cl2N8O2/c23-15-5-11(12-7-27-17(6-25)28-8-12)1-2-14(15)22(33)30-13-3-4-32(10-13)21-19-18(16(24)9-29-21)20(26)31-34-19/h1-2,5,7-9,13H,3-4,10H2,(H2,26,31)(H,30,33)/t13-/m1/s1. The molecule has 0 radical (unpaired) electrons. The normalized spacial score (nSPS) is 15.4. The number of benzene rings is 1. The Morgan fingerprint density at radius 3 is 2.71 bits per heavy atom. The number of nitriles is 1. The van der Waals surface area contributed by atoms with Crippen LogP contribution >= 0.6 is 23.2 Å². The van der Waals surface area contributed by atoms with E-state index in [0.717, 1.165) is 5.56 Å². The number of pyridine rings is 1. The lowest BCUT2D eigenvalue weighted by atomic mass is 10.1. The second kappa shape index (κ2) is 8.78. The molecule has 5 rings (SSSR count). The van der Waals surface area contributed by atoms with Crippen molar-refractivity contribution in [3.63, 3.8) is 0 Å². The maximum atomic E-state index is 12.9. The highest BCUT2D eigenvalue weighted by Crippen LogP contribution is 2.35. The van der Waals surface area contributed by atoms with Crippen molar-refractivity contribution >= 4 is 51.7 Å². The van der Waals surface area contributed by atoms with Crippen molar-refractivity contribution in [3.05, 3.63) is 58.2 Å². The summed E-state index contributed by atoms with van der Waals surface area (Å²) in [6.07, 6.45) is 5.29. The summed E-state index contributed by atoms with van der Waals surface area (Å²) in [6.45, 7) is 1.18. The molecule has 1 saturated heterocycles. The molecule has 1 aromatic carbocycles. The van der Waals surface area contributed by atoms with E-state index in [1.807, 2.05) is 11.0 Å². The molecule has 0 saturated carbocycles. The van der Waals surface area contributed by atoms with Crippen molar-refractivity contribution in [2.24, 2.45) is 0 Å². The van der Waals surface area contributed by atoms with Gasteiger partial charge in [-0.25, -0.2) is 15.0 Å². The van der Waals surface area contributed by atoms with Crippen molar-refractivity contribution in [1.82, 2.24) is 25.4 Å². The molecular weight excluding hydrogens is 479 g/mol. The quantitative estimate of drug-likeness (QED) is 0.434. The van der Waals surface area contributed by atoms with Gasteiger partial charge in [0, 0.05) is 43.3 Å². The number of amides is 1. The summed E-state index contributed by atoms with van der Waals surface area (Å²) in [5.41, 5.74) is 8.05. The van der Waals surface area contributed by atoms with Gasteiger partial charge in [0.05, 0.1) is 21.0 Å². The lowest BCUT2D eigenvalue weighted by molar-refractivity contribution is 0.0940. The number of nitrogen functional groups attached to an aromatic ring is 1. The Labute approximate surface area is 203 Å². The van der Waals surface area contributed by atoms with Crippen molar-refractivity contribution in [1.29, 1.82) is 5.26 Å². The van der Waals surface area contributed by atoms with Gasteiger partial charge >= 0.3 is 0 Å². The number of anilines is 2. The number of carbonyl (C=O) groups is 1. The fourth-order valence-corrected chi connectivity index (χ4v) is 4.40. The molecule has 1 aliphatic heterocycles. The van der Waals surface area contributed by atoms with E-state index in [2.05, 4.69) is 25.4 Å². The first-order valence-electron chi connectivity index (χ1n) is 10.2. The monoisotopic (exact) mass is 494 g/mol. The fraction of sp³-hybridized carbons (Fsp3) is 0.182. The van der Waals surface area contributed by atoms with E-state index in [4.69, 9.17) is 38.7 Å². The average molecular weight is 495 g/mol. The molecule has 34 heavy (non-hydrogen) atoms. The van der Waals surface area contributed by atoms with Crippen molar-refractivity contribution in [3.8, 4) is 17.2 Å². The van der Waals surface area contributed by atoms with E-state index in [1.54, 1.807) is 18.2 Å². The summed E-state index contributed by atoms with van der Waals surface area (Å²) >= 11 is 12.6. The fourth-order valence-electron chi connectivity index (χ4n) is 3.90. The molecule has 12 heteroatoms. The highest BCUT2D eigenvalue weighted by Gasteiger charge is 2.29. The molecule has 1 amide bonds. The number of hydrogen-bond donors (Lipinski definition) is 2. The molecule has 1 fully saturated rings. The molecule has 3 N–H and O–H groups in total. The van der Waals surface area contributed by atoms with Crippen molar-refractivity contribution in [2.45, 2.75) is 12.5 Å². The van der Waals surface area contributed by atoms with Crippen LogP contribution in [0.25, 0.3) is 22.1 Å². The second-order valence-corrected chi connectivity index (χ2v) is 8.52. The Kier molecular flexibility index (Phi) is 5.65. The van der Waals surface area contributed by atoms with E-state index < -0.39 is 0 Å². The first-order valence-corrected chi connectivity index (χ1v) is 11.0. The SMILES string of the molecule is N#Cc1ncc(-c2ccc(C(=O)N[C@@H]3CCN(c4ncc(Cl)c5c(N)noc45)C3)c(Cl)c2)cn1. The predicted molar refractivity (Wildman–Crippen MR) is 127 cm³/mol. The molecule has 0 aliphatic carbocycles. The van der Waals surface area contributed by atoms with Gasteiger partial charge in [-0.3, -0.25) is 4.79 Å². The lowest BCUT2D eigenvalue weighted by Crippen LogP contribution is -2.37. The lowest BCUT2D eigenvalue weighted by Gasteiger charge is -2.18. The molecule has 0 unspecified atom stereocenters. The third kappa shape index (κ3) is 3.96. The van der Waals surface area contributed by atoms with Crippen LogP contribution in [0.3, 0.4) is 0 Å². The number of halogens is 2. The largest absolute Gasteiger partial charge is 0.380 e. The molecule has 1 aliphatic rings. The molecule has 1 atom stereocenters. The van der Waals surface area contributed by atoms with Crippen LogP contribution in [0.15, 0.2) is 41.3 Å². The number of carbonyl (C=O) groups excluding carboxylic acids is 1. The maximum absolute atomic E-state index is 12.9. The van der Waals surface area contributed by atoms with Gasteiger partial charge in [0.1, 0.15) is 6.07 Å². The Morgan fingerprint density at radius 1 is 1.18 bits per heavy atom. The van der Waals surface area contributed by atoms with E-state index in [1.165, 1.54) is 18.6 Å². The Morgan fingerprint density at radius 2 is 1.97 bits per heavy atom. The van der Waals surface area contributed by atoms with Gasteiger partial charge in [0.2, 0.25) is 11.4 Å². The number of rotatable bonds is 4. The molecule has 0 bridgehead atoms. The second-order valence-electron chi connectivity index (χ2n) is 7.71. The number of nitrogens with one attached hydrogen (secondary N) is 1. The van der Waals surface area contributed by atoms with E-state index in [0.29, 0.717) is 57.5 Å². The van der Waals surface area contributed by atoms with Crippen molar-refractivity contribution < 1.29 is 9.32 Å².